The summed E-state index contributed by atoms with van der Waals surface area (Å²) in [5.74, 6) is -0.916. The Morgan fingerprint density at radius 1 is 1.19 bits per heavy atom. The number of aryl methyl sites for hydroxylation is 1. The van der Waals surface area contributed by atoms with Gasteiger partial charge in [0.1, 0.15) is 5.75 Å². The van der Waals surface area contributed by atoms with Gasteiger partial charge in [0.05, 0.1) is 22.5 Å². The molecule has 32 heavy (non-hydrogen) atoms. The number of sulfonamides is 1. The fourth-order valence-electron chi connectivity index (χ4n) is 2.92. The molecule has 3 amide bonds. The predicted octanol–water partition coefficient (Wildman–Crippen LogP) is 2.12. The first-order chi connectivity index (χ1) is 15.1. The molecule has 0 radical (unpaired) electrons. The maximum absolute atomic E-state index is 12.6. The van der Waals surface area contributed by atoms with Gasteiger partial charge < -0.3 is 10.1 Å². The van der Waals surface area contributed by atoms with Gasteiger partial charge in [-0.2, -0.15) is 0 Å². The number of nitrogens with two attached hydrogens (primary N) is 1. The third-order valence-corrected chi connectivity index (χ3v) is 6.43. The Morgan fingerprint density at radius 3 is 2.50 bits per heavy atom. The Kier molecular flexibility index (Phi) is 7.02. The van der Waals surface area contributed by atoms with E-state index in [9.17, 15) is 22.8 Å². The van der Waals surface area contributed by atoms with Crippen LogP contribution in [0.3, 0.4) is 0 Å². The molecule has 1 heterocycles. The lowest BCUT2D eigenvalue weighted by Gasteiger charge is -2.14. The van der Waals surface area contributed by atoms with Crippen LogP contribution in [-0.2, 0) is 14.8 Å². The number of benzene rings is 2. The lowest BCUT2D eigenvalue weighted by Crippen LogP contribution is -2.37. The Balaban J connectivity index is 1.66. The molecule has 0 bridgehead atoms. The summed E-state index contributed by atoms with van der Waals surface area (Å²) < 4.78 is 28.2. The standard InChI is InChI=1S/C21H21N3O6S2/c1-13-3-5-14(6-4-13)11-18-20(26)24(21(27)31-18)10-9-23-19(25)16-12-15(32(22,28)29)7-8-17(16)30-2/h3-8,11-12H,9-10H2,1-2H3,(H,23,25)(H2,22,28,29)/b18-11-. The van der Waals surface area contributed by atoms with E-state index < -0.39 is 27.1 Å². The van der Waals surface area contributed by atoms with Crippen molar-refractivity contribution in [1.82, 2.24) is 10.2 Å². The quantitative estimate of drug-likeness (QED) is 0.586. The van der Waals surface area contributed by atoms with Crippen molar-refractivity contribution < 1.29 is 27.5 Å². The third-order valence-electron chi connectivity index (χ3n) is 4.61. The molecule has 1 saturated heterocycles. The average molecular weight is 476 g/mol. The summed E-state index contributed by atoms with van der Waals surface area (Å²) in [7, 11) is -2.67. The van der Waals surface area contributed by atoms with Crippen LogP contribution < -0.4 is 15.2 Å². The number of rotatable bonds is 7. The topological polar surface area (TPSA) is 136 Å². The lowest BCUT2D eigenvalue weighted by molar-refractivity contribution is -0.122. The number of nitrogens with one attached hydrogen (secondary N) is 1. The number of hydrogen-bond acceptors (Lipinski definition) is 7. The van der Waals surface area contributed by atoms with E-state index in [-0.39, 0.29) is 29.3 Å². The molecule has 0 unspecified atom stereocenters. The molecule has 0 saturated carbocycles. The number of nitrogens with zero attached hydrogens (tertiary/aromatic N) is 1. The van der Waals surface area contributed by atoms with Gasteiger partial charge in [0, 0.05) is 13.1 Å². The molecule has 2 aromatic rings. The van der Waals surface area contributed by atoms with E-state index in [2.05, 4.69) is 5.32 Å². The number of methoxy groups -OCH3 is 1. The second-order valence-corrected chi connectivity index (χ2v) is 9.46. The molecule has 1 aliphatic rings. The van der Waals surface area contributed by atoms with Crippen LogP contribution in [0, 0.1) is 6.92 Å². The van der Waals surface area contributed by atoms with E-state index in [4.69, 9.17) is 9.88 Å². The third kappa shape index (κ3) is 5.36. The van der Waals surface area contributed by atoms with Crippen LogP contribution in [0.4, 0.5) is 4.79 Å². The number of primary sulfonamides is 1. The Morgan fingerprint density at radius 2 is 1.88 bits per heavy atom. The van der Waals surface area contributed by atoms with Crippen molar-refractivity contribution in [2.75, 3.05) is 20.2 Å². The van der Waals surface area contributed by atoms with Gasteiger partial charge in [-0.25, -0.2) is 13.6 Å². The molecule has 3 N–H and O–H groups in total. The normalized spacial score (nSPS) is 15.3. The second kappa shape index (κ2) is 9.55. The van der Waals surface area contributed by atoms with Crippen LogP contribution in [0.2, 0.25) is 0 Å². The van der Waals surface area contributed by atoms with Crippen molar-refractivity contribution >= 4 is 44.9 Å². The molecule has 9 nitrogen and oxygen atoms in total. The van der Waals surface area contributed by atoms with Gasteiger partial charge in [0.25, 0.3) is 17.1 Å². The zero-order valence-corrected chi connectivity index (χ0v) is 19.0. The van der Waals surface area contributed by atoms with Crippen molar-refractivity contribution in [2.45, 2.75) is 11.8 Å². The highest BCUT2D eigenvalue weighted by Crippen LogP contribution is 2.32. The molecule has 11 heteroatoms. The van der Waals surface area contributed by atoms with Gasteiger partial charge in [-0.05, 0) is 48.5 Å². The van der Waals surface area contributed by atoms with Crippen molar-refractivity contribution in [3.63, 3.8) is 0 Å². The molecule has 1 aliphatic heterocycles. The number of ether oxygens (including phenoxy) is 1. The first-order valence-corrected chi connectivity index (χ1v) is 11.8. The predicted molar refractivity (Wildman–Crippen MR) is 121 cm³/mol. The van der Waals surface area contributed by atoms with Crippen LogP contribution in [-0.4, -0.2) is 50.6 Å². The molecule has 0 atom stereocenters. The smallest absolute Gasteiger partial charge is 0.293 e. The number of carbonyl (C=O) groups excluding carboxylic acids is 3. The minimum Gasteiger partial charge on any atom is -0.496 e. The molecule has 168 valence electrons. The number of thioether (sulfide) groups is 1. The summed E-state index contributed by atoms with van der Waals surface area (Å²) in [5, 5.41) is 7.24. The molecule has 3 rings (SSSR count). The van der Waals surface area contributed by atoms with E-state index >= 15 is 0 Å². The summed E-state index contributed by atoms with van der Waals surface area (Å²) in [6, 6.07) is 11.2. The lowest BCUT2D eigenvalue weighted by atomic mass is 10.1. The molecular formula is C21H21N3O6S2. The van der Waals surface area contributed by atoms with Gasteiger partial charge in [0.15, 0.2) is 0 Å². The Labute approximate surface area is 189 Å². The molecular weight excluding hydrogens is 454 g/mol. The molecule has 0 aliphatic carbocycles. The zero-order valence-electron chi connectivity index (χ0n) is 17.3. The summed E-state index contributed by atoms with van der Waals surface area (Å²) in [6.45, 7) is 1.88. The van der Waals surface area contributed by atoms with Crippen molar-refractivity contribution in [1.29, 1.82) is 0 Å². The van der Waals surface area contributed by atoms with Crippen molar-refractivity contribution in [3.8, 4) is 5.75 Å². The van der Waals surface area contributed by atoms with Gasteiger partial charge in [-0.1, -0.05) is 29.8 Å². The first-order valence-electron chi connectivity index (χ1n) is 9.41. The molecule has 2 aromatic carbocycles. The highest BCUT2D eigenvalue weighted by molar-refractivity contribution is 8.18. The van der Waals surface area contributed by atoms with Crippen LogP contribution >= 0.6 is 11.8 Å². The van der Waals surface area contributed by atoms with Crippen LogP contribution in [0.15, 0.2) is 52.3 Å². The molecule has 0 aromatic heterocycles. The SMILES string of the molecule is COc1ccc(S(N)(=O)=O)cc1C(=O)NCCN1C(=O)S/C(=C\c2ccc(C)cc2)C1=O. The van der Waals surface area contributed by atoms with Gasteiger partial charge in [-0.15, -0.1) is 0 Å². The maximum Gasteiger partial charge on any atom is 0.293 e. The van der Waals surface area contributed by atoms with Gasteiger partial charge in [-0.3, -0.25) is 19.3 Å². The second-order valence-electron chi connectivity index (χ2n) is 6.91. The van der Waals surface area contributed by atoms with E-state index in [0.29, 0.717) is 4.91 Å². The van der Waals surface area contributed by atoms with E-state index in [1.807, 2.05) is 31.2 Å². The minimum absolute atomic E-state index is 0.0303. The Hall–Kier alpha value is -3.15. The number of imide groups is 1. The van der Waals surface area contributed by atoms with Crippen LogP contribution in [0.25, 0.3) is 6.08 Å². The maximum atomic E-state index is 12.6. The average Bonchev–Trinajstić information content (AvgIpc) is 3.01. The van der Waals surface area contributed by atoms with Crippen molar-refractivity contribution in [2.24, 2.45) is 5.14 Å². The summed E-state index contributed by atoms with van der Waals surface area (Å²) >= 11 is 0.832. The highest BCUT2D eigenvalue weighted by Gasteiger charge is 2.34. The van der Waals surface area contributed by atoms with Crippen molar-refractivity contribution in [3.05, 3.63) is 64.1 Å². The van der Waals surface area contributed by atoms with Crippen LogP contribution in [0.5, 0.6) is 5.75 Å². The fourth-order valence-corrected chi connectivity index (χ4v) is 4.33. The van der Waals surface area contributed by atoms with E-state index in [1.54, 1.807) is 6.08 Å². The molecule has 1 fully saturated rings. The summed E-state index contributed by atoms with van der Waals surface area (Å²) in [5.41, 5.74) is 1.85. The number of hydrogen-bond donors (Lipinski definition) is 2. The highest BCUT2D eigenvalue weighted by atomic mass is 32.2. The summed E-state index contributed by atoms with van der Waals surface area (Å²) in [4.78, 5) is 38.5. The number of amides is 3. The summed E-state index contributed by atoms with van der Waals surface area (Å²) in [6.07, 6.45) is 1.65. The van der Waals surface area contributed by atoms with Gasteiger partial charge >= 0.3 is 0 Å². The van der Waals surface area contributed by atoms with Crippen LogP contribution in [0.1, 0.15) is 21.5 Å². The minimum atomic E-state index is -4.01. The van der Waals surface area contributed by atoms with E-state index in [0.717, 1.165) is 33.9 Å². The van der Waals surface area contributed by atoms with Gasteiger partial charge in [0.2, 0.25) is 10.0 Å². The number of carbonyl (C=O) groups is 3. The fraction of sp³-hybridized carbons (Fsp3) is 0.190. The monoisotopic (exact) mass is 475 g/mol. The Bertz CT molecular complexity index is 1210. The molecule has 0 spiro atoms. The largest absolute Gasteiger partial charge is 0.496 e. The van der Waals surface area contributed by atoms with E-state index in [1.165, 1.54) is 19.2 Å². The first kappa shape index (κ1) is 23.5. The zero-order chi connectivity index (χ0) is 23.5.